The molecule has 0 saturated carbocycles. The van der Waals surface area contributed by atoms with Gasteiger partial charge in [0.05, 0.1) is 12.3 Å². The zero-order valence-electron chi connectivity index (χ0n) is 13.2. The average Bonchev–Trinajstić information content (AvgIpc) is 3.12. The van der Waals surface area contributed by atoms with Gasteiger partial charge < -0.3 is 13.9 Å². The molecule has 0 N–H and O–H groups in total. The van der Waals surface area contributed by atoms with Gasteiger partial charge in [-0.2, -0.15) is 0 Å². The number of hydrogen-bond acceptors (Lipinski definition) is 2. The Morgan fingerprint density at radius 1 is 1.27 bits per heavy atom. The maximum atomic E-state index is 12.7. The maximum absolute atomic E-state index is 12.7. The van der Waals surface area contributed by atoms with Gasteiger partial charge in [0.2, 0.25) is 5.91 Å². The van der Waals surface area contributed by atoms with E-state index in [0.29, 0.717) is 12.8 Å². The van der Waals surface area contributed by atoms with Crippen LogP contribution in [0.5, 0.6) is 0 Å². The molecule has 0 spiro atoms. The first-order chi connectivity index (χ1) is 10.8. The van der Waals surface area contributed by atoms with Gasteiger partial charge in [-0.25, -0.2) is 0 Å². The Kier molecular flexibility index (Phi) is 4.66. The third kappa shape index (κ3) is 3.26. The summed E-state index contributed by atoms with van der Waals surface area (Å²) in [6, 6.07) is 8.23. The summed E-state index contributed by atoms with van der Waals surface area (Å²) < 4.78 is 7.48. The summed E-state index contributed by atoms with van der Waals surface area (Å²) in [5.41, 5.74) is 1.24. The zero-order chi connectivity index (χ0) is 15.4. The highest BCUT2D eigenvalue weighted by molar-refractivity contribution is 5.77. The Hall–Kier alpha value is -1.97. The van der Waals surface area contributed by atoms with Crippen LogP contribution < -0.4 is 0 Å². The average molecular weight is 300 g/mol. The molecule has 22 heavy (non-hydrogen) atoms. The van der Waals surface area contributed by atoms with Crippen LogP contribution in [0.25, 0.3) is 0 Å². The van der Waals surface area contributed by atoms with Gasteiger partial charge in [0.15, 0.2) is 0 Å². The van der Waals surface area contributed by atoms with Gasteiger partial charge in [0.1, 0.15) is 5.76 Å². The van der Waals surface area contributed by atoms with Gasteiger partial charge in [0.25, 0.3) is 0 Å². The molecule has 3 rings (SSSR count). The van der Waals surface area contributed by atoms with Crippen molar-refractivity contribution in [3.63, 3.8) is 0 Å². The first kappa shape index (κ1) is 14.9. The SMILES string of the molecule is Cn1cccc1[C@@H]1CCCCCN1C(=O)CCc1ccco1. The number of aromatic nitrogens is 1. The van der Waals surface area contributed by atoms with E-state index >= 15 is 0 Å². The van der Waals surface area contributed by atoms with E-state index in [1.54, 1.807) is 6.26 Å². The standard InChI is InChI=1S/C18H24N2O2/c1-19-12-5-9-16(19)17-8-3-2-4-13-20(17)18(21)11-10-15-7-6-14-22-15/h5-7,9,12,14,17H,2-4,8,10-11,13H2,1H3/t17-/m0/s1. The van der Waals surface area contributed by atoms with Gasteiger partial charge in [-0.15, -0.1) is 0 Å². The van der Waals surface area contributed by atoms with E-state index in [-0.39, 0.29) is 11.9 Å². The van der Waals surface area contributed by atoms with Crippen molar-refractivity contribution in [1.29, 1.82) is 0 Å². The van der Waals surface area contributed by atoms with Gasteiger partial charge in [-0.05, 0) is 37.1 Å². The van der Waals surface area contributed by atoms with Gasteiger partial charge in [-0.3, -0.25) is 4.79 Å². The highest BCUT2D eigenvalue weighted by Gasteiger charge is 2.27. The third-order valence-electron chi connectivity index (χ3n) is 4.56. The second-order valence-corrected chi connectivity index (χ2v) is 6.08. The Morgan fingerprint density at radius 3 is 2.91 bits per heavy atom. The highest BCUT2D eigenvalue weighted by Crippen LogP contribution is 2.30. The summed E-state index contributed by atoms with van der Waals surface area (Å²) in [6.07, 6.45) is 9.50. The van der Waals surface area contributed by atoms with Gasteiger partial charge >= 0.3 is 0 Å². The van der Waals surface area contributed by atoms with Crippen LogP contribution in [-0.2, 0) is 18.3 Å². The fourth-order valence-electron chi connectivity index (χ4n) is 3.36. The number of nitrogens with zero attached hydrogens (tertiary/aromatic N) is 2. The molecule has 0 unspecified atom stereocenters. The molecule has 118 valence electrons. The summed E-state index contributed by atoms with van der Waals surface area (Å²) in [6.45, 7) is 0.868. The molecule has 1 saturated heterocycles. The molecule has 0 bridgehead atoms. The predicted molar refractivity (Wildman–Crippen MR) is 85.4 cm³/mol. The van der Waals surface area contributed by atoms with E-state index in [4.69, 9.17) is 4.42 Å². The topological polar surface area (TPSA) is 38.4 Å². The second-order valence-electron chi connectivity index (χ2n) is 6.08. The van der Waals surface area contributed by atoms with Crippen LogP contribution in [-0.4, -0.2) is 21.9 Å². The number of carbonyl (C=O) groups is 1. The van der Waals surface area contributed by atoms with E-state index < -0.39 is 0 Å². The molecular formula is C18H24N2O2. The minimum absolute atomic E-state index is 0.214. The molecule has 1 aliphatic rings. The van der Waals surface area contributed by atoms with Crippen molar-refractivity contribution in [3.8, 4) is 0 Å². The third-order valence-corrected chi connectivity index (χ3v) is 4.56. The largest absolute Gasteiger partial charge is 0.469 e. The van der Waals surface area contributed by atoms with Crippen LogP contribution in [0, 0.1) is 0 Å². The fourth-order valence-corrected chi connectivity index (χ4v) is 3.36. The minimum Gasteiger partial charge on any atom is -0.469 e. The fraction of sp³-hybridized carbons (Fsp3) is 0.500. The molecule has 4 heteroatoms. The maximum Gasteiger partial charge on any atom is 0.223 e. The van der Waals surface area contributed by atoms with E-state index in [1.807, 2.05) is 12.1 Å². The molecule has 2 aromatic heterocycles. The summed E-state index contributed by atoms with van der Waals surface area (Å²) in [5, 5.41) is 0. The van der Waals surface area contributed by atoms with E-state index in [1.165, 1.54) is 18.5 Å². The van der Waals surface area contributed by atoms with Gasteiger partial charge in [-0.1, -0.05) is 12.8 Å². The molecule has 1 fully saturated rings. The molecule has 3 heterocycles. The zero-order valence-corrected chi connectivity index (χ0v) is 13.2. The Labute approximate surface area is 131 Å². The van der Waals surface area contributed by atoms with Crippen LogP contribution >= 0.6 is 0 Å². The van der Waals surface area contributed by atoms with Crippen molar-refractivity contribution in [2.75, 3.05) is 6.54 Å². The number of hydrogen-bond donors (Lipinski definition) is 0. The Morgan fingerprint density at radius 2 is 2.18 bits per heavy atom. The summed E-state index contributed by atoms with van der Waals surface area (Å²) in [7, 11) is 2.06. The summed E-state index contributed by atoms with van der Waals surface area (Å²) in [4.78, 5) is 14.8. The van der Waals surface area contributed by atoms with Crippen molar-refractivity contribution < 1.29 is 9.21 Å². The quantitative estimate of drug-likeness (QED) is 0.863. The lowest BCUT2D eigenvalue weighted by atomic mass is 10.1. The van der Waals surface area contributed by atoms with Crippen molar-refractivity contribution >= 4 is 5.91 Å². The van der Waals surface area contributed by atoms with Gasteiger partial charge in [0, 0.05) is 38.3 Å². The van der Waals surface area contributed by atoms with Crippen LogP contribution in [0.15, 0.2) is 41.1 Å². The highest BCUT2D eigenvalue weighted by atomic mass is 16.3. The molecule has 2 aromatic rings. The van der Waals surface area contributed by atoms with Crippen molar-refractivity contribution in [2.45, 2.75) is 44.6 Å². The van der Waals surface area contributed by atoms with E-state index in [2.05, 4.69) is 34.8 Å². The van der Waals surface area contributed by atoms with Crippen molar-refractivity contribution in [1.82, 2.24) is 9.47 Å². The van der Waals surface area contributed by atoms with E-state index in [9.17, 15) is 4.79 Å². The molecule has 1 atom stereocenters. The van der Waals surface area contributed by atoms with Crippen LogP contribution in [0.3, 0.4) is 0 Å². The Bertz CT molecular complexity index is 600. The molecule has 1 aliphatic heterocycles. The summed E-state index contributed by atoms with van der Waals surface area (Å²) >= 11 is 0. The normalized spacial score (nSPS) is 19.1. The monoisotopic (exact) mass is 300 g/mol. The second kappa shape index (κ2) is 6.86. The number of rotatable bonds is 4. The minimum atomic E-state index is 0.214. The predicted octanol–water partition coefficient (Wildman–Crippen LogP) is 3.69. The lowest BCUT2D eigenvalue weighted by Gasteiger charge is -2.30. The van der Waals surface area contributed by atoms with Crippen molar-refractivity contribution in [2.24, 2.45) is 7.05 Å². The lowest BCUT2D eigenvalue weighted by Crippen LogP contribution is -2.35. The smallest absolute Gasteiger partial charge is 0.223 e. The van der Waals surface area contributed by atoms with E-state index in [0.717, 1.165) is 25.1 Å². The number of likely N-dealkylation sites (tertiary alicyclic amines) is 1. The first-order valence-corrected chi connectivity index (χ1v) is 8.19. The Balaban J connectivity index is 1.72. The number of furan rings is 1. The number of carbonyl (C=O) groups excluding carboxylic acids is 1. The first-order valence-electron chi connectivity index (χ1n) is 8.19. The molecule has 0 radical (unpaired) electrons. The molecule has 1 amide bonds. The summed E-state index contributed by atoms with van der Waals surface area (Å²) in [5.74, 6) is 1.13. The lowest BCUT2D eigenvalue weighted by molar-refractivity contribution is -0.133. The molecular weight excluding hydrogens is 276 g/mol. The molecule has 0 aromatic carbocycles. The van der Waals surface area contributed by atoms with Crippen LogP contribution in [0.1, 0.15) is 49.6 Å². The number of amides is 1. The number of aryl methyl sites for hydroxylation is 2. The van der Waals surface area contributed by atoms with Crippen LogP contribution in [0.2, 0.25) is 0 Å². The molecule has 0 aliphatic carbocycles. The molecule has 4 nitrogen and oxygen atoms in total. The van der Waals surface area contributed by atoms with Crippen molar-refractivity contribution in [3.05, 3.63) is 48.2 Å². The van der Waals surface area contributed by atoms with Crippen LogP contribution in [0.4, 0.5) is 0 Å².